The number of aliphatic carboxylic acids is 1. The van der Waals surface area contributed by atoms with E-state index < -0.39 is 14.3 Å². The minimum absolute atomic E-state index is 0.119. The maximum atomic E-state index is 10.8. The number of methoxy groups -OCH3 is 1. The van der Waals surface area contributed by atoms with E-state index in [0.717, 1.165) is 41.9 Å². The summed E-state index contributed by atoms with van der Waals surface area (Å²) in [4.78, 5) is 10.8. The Morgan fingerprint density at radius 1 is 1.24 bits per heavy atom. The van der Waals surface area contributed by atoms with Gasteiger partial charge in [-0.1, -0.05) is 39.3 Å². The van der Waals surface area contributed by atoms with E-state index in [1.807, 2.05) is 25.1 Å². The first-order valence-corrected chi connectivity index (χ1v) is 11.7. The van der Waals surface area contributed by atoms with E-state index in [1.54, 1.807) is 7.11 Å². The van der Waals surface area contributed by atoms with E-state index >= 15 is 0 Å². The Balaban J connectivity index is 2.94. The van der Waals surface area contributed by atoms with Crippen molar-refractivity contribution in [2.24, 2.45) is 0 Å². The first kappa shape index (κ1) is 21.3. The van der Waals surface area contributed by atoms with Gasteiger partial charge in [0.15, 0.2) is 5.75 Å². The zero-order valence-corrected chi connectivity index (χ0v) is 17.6. The van der Waals surface area contributed by atoms with Crippen molar-refractivity contribution in [2.75, 3.05) is 7.11 Å². The summed E-state index contributed by atoms with van der Waals surface area (Å²) in [5.41, 5.74) is 2.05. The largest absolute Gasteiger partial charge is 0.541 e. The molecule has 0 fully saturated rings. The molecule has 1 aromatic carbocycles. The highest BCUT2D eigenvalue weighted by atomic mass is 28.4. The van der Waals surface area contributed by atoms with Gasteiger partial charge in [0.25, 0.3) is 8.32 Å². The highest BCUT2D eigenvalue weighted by Crippen LogP contribution is 2.40. The average molecular weight is 365 g/mol. The molecule has 0 aliphatic carbocycles. The summed E-state index contributed by atoms with van der Waals surface area (Å²) >= 11 is 0. The first-order valence-electron chi connectivity index (χ1n) is 8.78. The Bertz CT molecular complexity index is 627. The Hall–Kier alpha value is -1.75. The lowest BCUT2D eigenvalue weighted by molar-refractivity contribution is -0.131. The Morgan fingerprint density at radius 3 is 2.36 bits per heavy atom. The van der Waals surface area contributed by atoms with Crippen molar-refractivity contribution >= 4 is 14.3 Å². The molecule has 0 aliphatic rings. The second-order valence-electron chi connectivity index (χ2n) is 7.84. The van der Waals surface area contributed by atoms with Gasteiger partial charge in [0.05, 0.1) is 7.11 Å². The number of benzene rings is 1. The maximum Gasteiger partial charge on any atom is 0.328 e. The second kappa shape index (κ2) is 8.56. The van der Waals surface area contributed by atoms with E-state index in [2.05, 4.69) is 33.9 Å². The van der Waals surface area contributed by atoms with Gasteiger partial charge in [-0.15, -0.1) is 0 Å². The molecular formula is C20H32O4Si. The zero-order valence-electron chi connectivity index (χ0n) is 16.6. The minimum atomic E-state index is -1.93. The fourth-order valence-electron chi connectivity index (χ4n) is 2.21. The molecule has 0 bridgehead atoms. The topological polar surface area (TPSA) is 55.8 Å². The fourth-order valence-corrected chi connectivity index (χ4v) is 3.23. The summed E-state index contributed by atoms with van der Waals surface area (Å²) in [6.07, 6.45) is 3.57. The number of allylic oxidation sites excluding steroid dienone is 1. The van der Waals surface area contributed by atoms with Gasteiger partial charge in [0, 0.05) is 6.08 Å². The molecule has 0 heterocycles. The number of rotatable bonds is 8. The van der Waals surface area contributed by atoms with E-state index in [4.69, 9.17) is 14.3 Å². The van der Waals surface area contributed by atoms with E-state index in [-0.39, 0.29) is 5.04 Å². The lowest BCUT2D eigenvalue weighted by Gasteiger charge is -2.36. The summed E-state index contributed by atoms with van der Waals surface area (Å²) in [5, 5.41) is 9.01. The van der Waals surface area contributed by atoms with Crippen LogP contribution in [0, 0.1) is 0 Å². The summed E-state index contributed by atoms with van der Waals surface area (Å²) in [7, 11) is -0.274. The molecule has 1 rings (SSSR count). The van der Waals surface area contributed by atoms with E-state index in [1.165, 1.54) is 6.08 Å². The van der Waals surface area contributed by atoms with Crippen LogP contribution in [0.3, 0.4) is 0 Å². The summed E-state index contributed by atoms with van der Waals surface area (Å²) in [5.74, 6) is 0.643. The highest BCUT2D eigenvalue weighted by Gasteiger charge is 2.39. The van der Waals surface area contributed by atoms with Crippen molar-refractivity contribution in [3.63, 3.8) is 0 Å². The zero-order chi connectivity index (χ0) is 19.3. The highest BCUT2D eigenvalue weighted by molar-refractivity contribution is 6.74. The van der Waals surface area contributed by atoms with Crippen LogP contribution in [-0.4, -0.2) is 26.5 Å². The molecule has 0 atom stereocenters. The van der Waals surface area contributed by atoms with Gasteiger partial charge in [-0.25, -0.2) is 4.79 Å². The van der Waals surface area contributed by atoms with Crippen LogP contribution < -0.4 is 9.16 Å². The minimum Gasteiger partial charge on any atom is -0.541 e. The molecule has 0 amide bonds. The molecule has 0 radical (unpaired) electrons. The Kier molecular flexibility index (Phi) is 7.29. The van der Waals surface area contributed by atoms with Crippen LogP contribution in [0.1, 0.15) is 46.1 Å². The molecular weight excluding hydrogens is 332 g/mol. The number of hydrogen-bond donors (Lipinski definition) is 1. The Labute approximate surface area is 153 Å². The third-order valence-electron chi connectivity index (χ3n) is 4.92. The molecule has 4 nitrogen and oxygen atoms in total. The van der Waals surface area contributed by atoms with Crippen molar-refractivity contribution < 1.29 is 19.1 Å². The van der Waals surface area contributed by atoms with Gasteiger partial charge >= 0.3 is 5.97 Å². The van der Waals surface area contributed by atoms with Crippen molar-refractivity contribution in [2.45, 2.75) is 65.1 Å². The van der Waals surface area contributed by atoms with Crippen molar-refractivity contribution in [3.8, 4) is 11.5 Å². The number of ether oxygens (including phenoxy) is 1. The molecule has 1 N–H and O–H groups in total. The number of carboxylic acids is 1. The number of carboxylic acid groups (broad SMARTS) is 1. The quantitative estimate of drug-likeness (QED) is 0.493. The second-order valence-corrected chi connectivity index (χ2v) is 12.6. The number of carbonyl (C=O) groups is 1. The third kappa shape index (κ3) is 6.23. The SMILES string of the molecule is CCC(=CC(=O)O)CCc1ccc(O[Si](C)(C)C(C)(C)C)c(OC)c1. The van der Waals surface area contributed by atoms with Gasteiger partial charge < -0.3 is 14.3 Å². The predicted molar refractivity (Wildman–Crippen MR) is 105 cm³/mol. The van der Waals surface area contributed by atoms with Crippen LogP contribution in [0.25, 0.3) is 0 Å². The monoisotopic (exact) mass is 364 g/mol. The molecule has 0 saturated carbocycles. The fraction of sp³-hybridized carbons (Fsp3) is 0.550. The molecule has 0 spiro atoms. The van der Waals surface area contributed by atoms with Gasteiger partial charge in [-0.2, -0.15) is 0 Å². The summed E-state index contributed by atoms with van der Waals surface area (Å²) < 4.78 is 11.9. The molecule has 0 unspecified atom stereocenters. The smallest absolute Gasteiger partial charge is 0.328 e. The molecule has 25 heavy (non-hydrogen) atoms. The summed E-state index contributed by atoms with van der Waals surface area (Å²) in [6, 6.07) is 6.01. The van der Waals surface area contributed by atoms with Crippen molar-refractivity contribution in [1.29, 1.82) is 0 Å². The lowest BCUT2D eigenvalue weighted by atomic mass is 10.0. The van der Waals surface area contributed by atoms with Crippen LogP contribution in [-0.2, 0) is 11.2 Å². The van der Waals surface area contributed by atoms with Crippen LogP contribution in [0.2, 0.25) is 18.1 Å². The Morgan fingerprint density at radius 2 is 1.88 bits per heavy atom. The predicted octanol–water partition coefficient (Wildman–Crippen LogP) is 5.43. The number of aryl methyl sites for hydroxylation is 1. The van der Waals surface area contributed by atoms with Crippen LogP contribution >= 0.6 is 0 Å². The van der Waals surface area contributed by atoms with Crippen LogP contribution in [0.15, 0.2) is 29.8 Å². The lowest BCUT2D eigenvalue weighted by Crippen LogP contribution is -2.43. The molecule has 0 saturated heterocycles. The average Bonchev–Trinajstić information content (AvgIpc) is 2.50. The van der Waals surface area contributed by atoms with Crippen molar-refractivity contribution in [3.05, 3.63) is 35.4 Å². The molecule has 0 aliphatic heterocycles. The summed E-state index contributed by atoms with van der Waals surface area (Å²) in [6.45, 7) is 13.0. The van der Waals surface area contributed by atoms with Gasteiger partial charge in [-0.3, -0.25) is 0 Å². The molecule has 5 heteroatoms. The van der Waals surface area contributed by atoms with Crippen LogP contribution in [0.4, 0.5) is 0 Å². The van der Waals surface area contributed by atoms with Crippen LogP contribution in [0.5, 0.6) is 11.5 Å². The standard InChI is InChI=1S/C20H32O4Si/c1-8-15(14-19(21)22)9-10-16-11-12-17(18(13-16)23-5)24-25(6,7)20(2,3)4/h11-14H,8-10H2,1-7H3,(H,21,22). The number of hydrogen-bond acceptors (Lipinski definition) is 3. The normalized spacial score (nSPS) is 12.8. The van der Waals surface area contributed by atoms with E-state index in [0.29, 0.717) is 0 Å². The third-order valence-corrected chi connectivity index (χ3v) is 9.26. The first-order chi connectivity index (χ1) is 11.5. The van der Waals surface area contributed by atoms with Gasteiger partial charge in [0.1, 0.15) is 5.75 Å². The van der Waals surface area contributed by atoms with Gasteiger partial charge in [-0.05, 0) is 55.1 Å². The van der Waals surface area contributed by atoms with Crippen molar-refractivity contribution in [1.82, 2.24) is 0 Å². The molecule has 140 valence electrons. The maximum absolute atomic E-state index is 10.8. The molecule has 0 aromatic heterocycles. The van der Waals surface area contributed by atoms with Gasteiger partial charge in [0.2, 0.25) is 0 Å². The van der Waals surface area contributed by atoms with E-state index in [9.17, 15) is 4.79 Å². The molecule has 1 aromatic rings.